The van der Waals surface area contributed by atoms with Crippen LogP contribution in [0.2, 0.25) is 0 Å². The quantitative estimate of drug-likeness (QED) is 0.299. The molecule has 41 heavy (non-hydrogen) atoms. The number of aromatic nitrogens is 2. The van der Waals surface area contributed by atoms with Crippen LogP contribution >= 0.6 is 11.3 Å². The number of nitriles is 1. The monoisotopic (exact) mass is 570 g/mol. The molecule has 0 atom stereocenters. The third-order valence-corrected chi connectivity index (χ3v) is 7.61. The molecule has 0 saturated carbocycles. The number of carbonyl (C=O) groups is 2. The summed E-state index contributed by atoms with van der Waals surface area (Å²) in [6, 6.07) is 18.2. The molecule has 1 aliphatic rings. The first-order valence-corrected chi connectivity index (χ1v) is 14.0. The van der Waals surface area contributed by atoms with E-state index in [-0.39, 0.29) is 18.4 Å². The van der Waals surface area contributed by atoms with Crippen LogP contribution in [0, 0.1) is 18.3 Å². The van der Waals surface area contributed by atoms with E-state index in [0.717, 1.165) is 24.2 Å². The molecular weight excluding hydrogens is 540 g/mol. The highest BCUT2D eigenvalue weighted by molar-refractivity contribution is 7.21. The van der Waals surface area contributed by atoms with Gasteiger partial charge in [-0.25, -0.2) is 9.97 Å². The first-order chi connectivity index (χ1) is 19.7. The number of nitrogens with one attached hydrogen (secondary N) is 2. The fourth-order valence-electron chi connectivity index (χ4n) is 4.25. The predicted octanol–water partition coefficient (Wildman–Crippen LogP) is 5.12. The van der Waals surface area contributed by atoms with Crippen molar-refractivity contribution in [3.63, 3.8) is 0 Å². The number of anilines is 2. The Balaban J connectivity index is 1.26. The van der Waals surface area contributed by atoms with Gasteiger partial charge in [-0.05, 0) is 56.2 Å². The van der Waals surface area contributed by atoms with Crippen LogP contribution in [0.4, 0.5) is 10.8 Å². The lowest BCUT2D eigenvalue weighted by Crippen LogP contribution is -2.41. The fraction of sp³-hybridized carbons (Fsp3) is 0.300. The van der Waals surface area contributed by atoms with E-state index in [9.17, 15) is 14.9 Å². The van der Waals surface area contributed by atoms with Crippen LogP contribution in [0.15, 0.2) is 54.6 Å². The standard InChI is InChI=1S/C30H30N6O4S/c1-19-7-8-22(32-27(38)20-5-4-6-21(15-20)30(2,3)18-31)16-24(19)40-26-10-9-23-28(35-26)41-29(33-23)34-25(37)17-36-11-13-39-14-12-36/h4-10,15-16H,11-14,17H2,1-3H3,(H,32,38)(H,33,34,37). The van der Waals surface area contributed by atoms with Gasteiger partial charge in [-0.3, -0.25) is 14.5 Å². The highest BCUT2D eigenvalue weighted by atomic mass is 32.1. The number of aryl methyl sites for hydroxylation is 1. The molecule has 5 rings (SSSR count). The molecule has 1 saturated heterocycles. The minimum atomic E-state index is -0.706. The van der Waals surface area contributed by atoms with Crippen molar-refractivity contribution < 1.29 is 19.1 Å². The molecule has 2 N–H and O–H groups in total. The second kappa shape index (κ2) is 12.0. The summed E-state index contributed by atoms with van der Waals surface area (Å²) in [5.74, 6) is 0.489. The highest BCUT2D eigenvalue weighted by Gasteiger charge is 2.21. The number of ether oxygens (including phenoxy) is 2. The van der Waals surface area contributed by atoms with Gasteiger partial charge in [0.15, 0.2) is 5.13 Å². The molecular formula is C30H30N6O4S. The van der Waals surface area contributed by atoms with Gasteiger partial charge in [0.25, 0.3) is 5.91 Å². The summed E-state index contributed by atoms with van der Waals surface area (Å²) < 4.78 is 11.4. The number of fused-ring (bicyclic) bond motifs is 1. The Morgan fingerprint density at radius 1 is 1.10 bits per heavy atom. The lowest BCUT2D eigenvalue weighted by Gasteiger charge is -2.25. The van der Waals surface area contributed by atoms with Crippen molar-refractivity contribution in [2.24, 2.45) is 0 Å². The lowest BCUT2D eigenvalue weighted by molar-refractivity contribution is -0.118. The van der Waals surface area contributed by atoms with Crippen molar-refractivity contribution in [3.05, 3.63) is 71.3 Å². The Hall–Kier alpha value is -4.37. The molecule has 10 nitrogen and oxygen atoms in total. The minimum Gasteiger partial charge on any atom is -0.439 e. The van der Waals surface area contributed by atoms with Gasteiger partial charge in [0, 0.05) is 36.5 Å². The van der Waals surface area contributed by atoms with Gasteiger partial charge >= 0.3 is 0 Å². The van der Waals surface area contributed by atoms with Gasteiger partial charge in [0.2, 0.25) is 11.8 Å². The van der Waals surface area contributed by atoms with Crippen molar-refractivity contribution in [1.29, 1.82) is 5.26 Å². The van der Waals surface area contributed by atoms with E-state index in [0.29, 0.717) is 51.6 Å². The molecule has 1 aliphatic heterocycles. The Kier molecular flexibility index (Phi) is 8.26. The Labute approximate surface area is 241 Å². The molecule has 0 aliphatic carbocycles. The summed E-state index contributed by atoms with van der Waals surface area (Å²) in [6.45, 7) is 8.54. The zero-order valence-electron chi connectivity index (χ0n) is 23.1. The average Bonchev–Trinajstić information content (AvgIpc) is 3.36. The van der Waals surface area contributed by atoms with E-state index in [1.807, 2.05) is 37.8 Å². The molecule has 2 aromatic heterocycles. The molecule has 4 aromatic rings. The van der Waals surface area contributed by atoms with Gasteiger partial charge in [0.1, 0.15) is 16.1 Å². The van der Waals surface area contributed by atoms with Gasteiger partial charge in [-0.2, -0.15) is 5.26 Å². The summed E-state index contributed by atoms with van der Waals surface area (Å²) in [7, 11) is 0. The fourth-order valence-corrected chi connectivity index (χ4v) is 5.09. The van der Waals surface area contributed by atoms with E-state index in [1.165, 1.54) is 11.3 Å². The first-order valence-electron chi connectivity index (χ1n) is 13.2. The van der Waals surface area contributed by atoms with Crippen LogP contribution in [0.3, 0.4) is 0 Å². The van der Waals surface area contributed by atoms with Crippen LogP contribution < -0.4 is 15.4 Å². The summed E-state index contributed by atoms with van der Waals surface area (Å²) in [4.78, 5) is 37.2. The average molecular weight is 571 g/mol. The van der Waals surface area contributed by atoms with E-state index < -0.39 is 5.41 Å². The van der Waals surface area contributed by atoms with E-state index >= 15 is 0 Å². The largest absolute Gasteiger partial charge is 0.439 e. The van der Waals surface area contributed by atoms with Crippen molar-refractivity contribution >= 4 is 44.3 Å². The number of hydrogen-bond donors (Lipinski definition) is 2. The van der Waals surface area contributed by atoms with E-state index in [4.69, 9.17) is 9.47 Å². The van der Waals surface area contributed by atoms with Gasteiger partial charge < -0.3 is 20.1 Å². The second-order valence-electron chi connectivity index (χ2n) is 10.3. The zero-order chi connectivity index (χ0) is 29.0. The summed E-state index contributed by atoms with van der Waals surface area (Å²) in [6.07, 6.45) is 0. The number of rotatable bonds is 8. The smallest absolute Gasteiger partial charge is 0.255 e. The zero-order valence-corrected chi connectivity index (χ0v) is 23.9. The Bertz CT molecular complexity index is 1640. The summed E-state index contributed by atoms with van der Waals surface area (Å²) in [5.41, 5.74) is 2.60. The number of morpholine rings is 1. The maximum Gasteiger partial charge on any atom is 0.255 e. The molecule has 3 heterocycles. The van der Waals surface area contributed by atoms with Crippen LogP contribution in [0.25, 0.3) is 10.3 Å². The van der Waals surface area contributed by atoms with Crippen LogP contribution in [-0.2, 0) is 14.9 Å². The number of carbonyl (C=O) groups excluding carboxylic acids is 2. The molecule has 0 radical (unpaired) electrons. The SMILES string of the molecule is Cc1ccc(NC(=O)c2cccc(C(C)(C)C#N)c2)cc1Oc1ccc2nc(NC(=O)CN3CCOCC3)sc2n1. The maximum atomic E-state index is 13.0. The third-order valence-electron chi connectivity index (χ3n) is 6.73. The van der Waals surface area contributed by atoms with E-state index in [1.54, 1.807) is 42.5 Å². The highest BCUT2D eigenvalue weighted by Crippen LogP contribution is 2.31. The van der Waals surface area contributed by atoms with Crippen LogP contribution in [-0.4, -0.2) is 59.5 Å². The number of benzene rings is 2. The maximum absolute atomic E-state index is 13.0. The van der Waals surface area contributed by atoms with Gasteiger partial charge in [0.05, 0.1) is 31.2 Å². The molecule has 210 valence electrons. The number of thiazole rings is 1. The van der Waals surface area contributed by atoms with Gasteiger partial charge in [-0.1, -0.05) is 29.5 Å². The molecule has 0 bridgehead atoms. The van der Waals surface area contributed by atoms with Crippen LogP contribution in [0.1, 0.15) is 35.3 Å². The second-order valence-corrected chi connectivity index (χ2v) is 11.3. The molecule has 0 spiro atoms. The molecule has 2 aromatic carbocycles. The third kappa shape index (κ3) is 6.86. The molecule has 0 unspecified atom stereocenters. The predicted molar refractivity (Wildman–Crippen MR) is 158 cm³/mol. The molecule has 1 fully saturated rings. The normalized spacial score (nSPS) is 13.9. The number of nitrogens with zero attached hydrogens (tertiary/aromatic N) is 4. The van der Waals surface area contributed by atoms with E-state index in [2.05, 4.69) is 26.7 Å². The molecule has 11 heteroatoms. The van der Waals surface area contributed by atoms with Crippen molar-refractivity contribution in [1.82, 2.24) is 14.9 Å². The van der Waals surface area contributed by atoms with Gasteiger partial charge in [-0.15, -0.1) is 0 Å². The molecule has 2 amide bonds. The summed E-state index contributed by atoms with van der Waals surface area (Å²) in [5, 5.41) is 15.7. The van der Waals surface area contributed by atoms with Crippen molar-refractivity contribution in [3.8, 4) is 17.7 Å². The number of amides is 2. The van der Waals surface area contributed by atoms with Crippen LogP contribution in [0.5, 0.6) is 11.6 Å². The van der Waals surface area contributed by atoms with Crippen molar-refractivity contribution in [2.45, 2.75) is 26.2 Å². The summed E-state index contributed by atoms with van der Waals surface area (Å²) >= 11 is 1.28. The Morgan fingerprint density at radius 3 is 2.68 bits per heavy atom. The first kappa shape index (κ1) is 28.2. The number of hydrogen-bond acceptors (Lipinski definition) is 9. The topological polar surface area (TPSA) is 129 Å². The Morgan fingerprint density at radius 2 is 1.90 bits per heavy atom. The van der Waals surface area contributed by atoms with Crippen molar-refractivity contribution in [2.75, 3.05) is 43.5 Å². The number of pyridine rings is 1. The lowest BCUT2D eigenvalue weighted by atomic mass is 9.85. The minimum absolute atomic E-state index is 0.127.